The number of aryl methyl sites for hydroxylation is 2. The normalized spacial score (nSPS) is 15.6. The average molecular weight is 454 g/mol. The molecule has 9 heteroatoms. The van der Waals surface area contributed by atoms with E-state index in [0.29, 0.717) is 43.2 Å². The highest BCUT2D eigenvalue weighted by atomic mass is 32.2. The van der Waals surface area contributed by atoms with Crippen molar-refractivity contribution < 1.29 is 13.2 Å². The summed E-state index contributed by atoms with van der Waals surface area (Å²) in [7, 11) is -3.55. The van der Waals surface area contributed by atoms with Crippen molar-refractivity contribution in [1.29, 1.82) is 0 Å². The number of rotatable bonds is 6. The lowest BCUT2D eigenvalue weighted by Gasteiger charge is -2.30. The molecule has 0 radical (unpaired) electrons. The van der Waals surface area contributed by atoms with Crippen molar-refractivity contribution in [3.63, 3.8) is 0 Å². The molecule has 0 bridgehead atoms. The summed E-state index contributed by atoms with van der Waals surface area (Å²) < 4.78 is 29.1. The maximum absolute atomic E-state index is 13.0. The van der Waals surface area contributed by atoms with Crippen LogP contribution in [0.3, 0.4) is 0 Å². The van der Waals surface area contributed by atoms with Gasteiger partial charge in [0.25, 0.3) is 0 Å². The molecule has 168 valence electrons. The summed E-state index contributed by atoms with van der Waals surface area (Å²) in [6.07, 6.45) is 6.16. The molecule has 1 aliphatic heterocycles. The Morgan fingerprint density at radius 2 is 1.88 bits per heavy atom. The molecule has 0 atom stereocenters. The predicted octanol–water partition coefficient (Wildman–Crippen LogP) is 2.60. The molecule has 4 rings (SSSR count). The second kappa shape index (κ2) is 9.22. The first-order chi connectivity index (χ1) is 15.4. The maximum Gasteiger partial charge on any atom is 0.243 e. The molecule has 1 saturated heterocycles. The third-order valence-corrected chi connectivity index (χ3v) is 7.88. The second-order valence-corrected chi connectivity index (χ2v) is 10.0. The summed E-state index contributed by atoms with van der Waals surface area (Å²) >= 11 is 0. The molecule has 3 heterocycles. The van der Waals surface area contributed by atoms with Gasteiger partial charge in [0, 0.05) is 49.7 Å². The molecule has 1 N–H and O–H groups in total. The summed E-state index contributed by atoms with van der Waals surface area (Å²) in [5, 5.41) is 7.19. The minimum Gasteiger partial charge on any atom is -0.352 e. The van der Waals surface area contributed by atoms with Gasteiger partial charge in [-0.05, 0) is 62.1 Å². The van der Waals surface area contributed by atoms with E-state index < -0.39 is 10.0 Å². The zero-order chi connectivity index (χ0) is 22.7. The topological polar surface area (TPSA) is 97.2 Å². The number of carbonyl (C=O) groups excluding carboxylic acids is 1. The molecule has 2 aromatic heterocycles. The quantitative estimate of drug-likeness (QED) is 0.619. The van der Waals surface area contributed by atoms with E-state index in [1.165, 1.54) is 4.31 Å². The van der Waals surface area contributed by atoms with Crippen molar-refractivity contribution in [2.45, 2.75) is 38.1 Å². The molecule has 0 aliphatic carbocycles. The van der Waals surface area contributed by atoms with Crippen molar-refractivity contribution >= 4 is 15.9 Å². The number of nitrogens with one attached hydrogen (secondary N) is 1. The lowest BCUT2D eigenvalue weighted by molar-refractivity contribution is -0.126. The summed E-state index contributed by atoms with van der Waals surface area (Å²) in [5.41, 5.74) is 2.87. The van der Waals surface area contributed by atoms with Gasteiger partial charge in [0.1, 0.15) is 0 Å². The van der Waals surface area contributed by atoms with E-state index in [4.69, 9.17) is 0 Å². The maximum atomic E-state index is 13.0. The van der Waals surface area contributed by atoms with Gasteiger partial charge in [-0.25, -0.2) is 18.1 Å². The van der Waals surface area contributed by atoms with E-state index in [-0.39, 0.29) is 11.8 Å². The fourth-order valence-corrected chi connectivity index (χ4v) is 5.43. The van der Waals surface area contributed by atoms with Gasteiger partial charge in [-0.15, -0.1) is 0 Å². The van der Waals surface area contributed by atoms with Gasteiger partial charge < -0.3 is 5.32 Å². The number of pyridine rings is 1. The van der Waals surface area contributed by atoms with Crippen LogP contribution in [0.25, 0.3) is 5.82 Å². The molecule has 1 aliphatic rings. The van der Waals surface area contributed by atoms with Crippen LogP contribution in [0.4, 0.5) is 0 Å². The van der Waals surface area contributed by atoms with Crippen LogP contribution in [0.1, 0.15) is 29.5 Å². The van der Waals surface area contributed by atoms with E-state index in [0.717, 1.165) is 16.7 Å². The van der Waals surface area contributed by atoms with E-state index >= 15 is 0 Å². The smallest absolute Gasteiger partial charge is 0.243 e. The fraction of sp³-hybridized carbons (Fsp3) is 0.348. The predicted molar refractivity (Wildman–Crippen MR) is 121 cm³/mol. The van der Waals surface area contributed by atoms with Gasteiger partial charge in [-0.1, -0.05) is 12.1 Å². The first kappa shape index (κ1) is 22.2. The SMILES string of the molecule is Cc1ccc(S(=O)(=O)N2CCC(C(=O)NCc3cccnc3-n3cccn3)CC2)cc1C. The standard InChI is InChI=1S/C23H27N5O3S/c1-17-6-7-21(15-18(17)2)32(30,31)27-13-8-19(9-14-27)23(29)25-16-20-5-3-10-24-22(20)28-12-4-11-26-28/h3-7,10-12,15,19H,8-9,13-14,16H2,1-2H3,(H,25,29). The molecule has 1 aromatic carbocycles. The third-order valence-electron chi connectivity index (χ3n) is 5.98. The zero-order valence-corrected chi connectivity index (χ0v) is 19.0. The second-order valence-electron chi connectivity index (χ2n) is 8.08. The van der Waals surface area contributed by atoms with Gasteiger partial charge in [0.15, 0.2) is 5.82 Å². The number of hydrogen-bond donors (Lipinski definition) is 1. The van der Waals surface area contributed by atoms with Crippen molar-refractivity contribution in [2.75, 3.05) is 13.1 Å². The molecule has 3 aromatic rings. The molecular weight excluding hydrogens is 426 g/mol. The summed E-state index contributed by atoms with van der Waals surface area (Å²) in [5.74, 6) is 0.390. The Balaban J connectivity index is 1.36. The Hall–Kier alpha value is -3.04. The largest absolute Gasteiger partial charge is 0.352 e. The summed E-state index contributed by atoms with van der Waals surface area (Å²) in [4.78, 5) is 17.4. The van der Waals surface area contributed by atoms with Crippen LogP contribution < -0.4 is 5.32 Å². The Kier molecular flexibility index (Phi) is 6.38. The Morgan fingerprint density at radius 3 is 2.56 bits per heavy atom. The van der Waals surface area contributed by atoms with E-state index in [1.807, 2.05) is 38.1 Å². The minimum absolute atomic E-state index is 0.0662. The van der Waals surface area contributed by atoms with Crippen LogP contribution in [0.5, 0.6) is 0 Å². The number of carbonyl (C=O) groups is 1. The monoisotopic (exact) mass is 453 g/mol. The van der Waals surface area contributed by atoms with Gasteiger partial charge in [-0.3, -0.25) is 4.79 Å². The number of hydrogen-bond acceptors (Lipinski definition) is 5. The van der Waals surface area contributed by atoms with Crippen LogP contribution in [0.2, 0.25) is 0 Å². The number of nitrogens with zero attached hydrogens (tertiary/aromatic N) is 4. The summed E-state index contributed by atoms with van der Waals surface area (Å²) in [6.45, 7) is 4.87. The third kappa shape index (κ3) is 4.58. The van der Waals surface area contributed by atoms with E-state index in [2.05, 4.69) is 15.4 Å². The number of sulfonamides is 1. The van der Waals surface area contributed by atoms with Gasteiger partial charge in [0.05, 0.1) is 4.90 Å². The molecule has 0 spiro atoms. The fourth-order valence-electron chi connectivity index (χ4n) is 3.88. The summed E-state index contributed by atoms with van der Waals surface area (Å²) in [6, 6.07) is 10.7. The highest BCUT2D eigenvalue weighted by Crippen LogP contribution is 2.25. The molecule has 1 fully saturated rings. The van der Waals surface area contributed by atoms with Crippen molar-refractivity contribution in [3.8, 4) is 5.82 Å². The minimum atomic E-state index is -3.55. The number of piperidine rings is 1. The van der Waals surface area contributed by atoms with Crippen LogP contribution in [0, 0.1) is 19.8 Å². The Labute approximate surface area is 188 Å². The average Bonchev–Trinajstić information content (AvgIpc) is 3.34. The van der Waals surface area contributed by atoms with Crippen molar-refractivity contribution in [3.05, 3.63) is 71.7 Å². The van der Waals surface area contributed by atoms with Gasteiger partial charge in [0.2, 0.25) is 15.9 Å². The highest BCUT2D eigenvalue weighted by Gasteiger charge is 2.32. The van der Waals surface area contributed by atoms with Crippen LogP contribution in [-0.4, -0.2) is 46.5 Å². The van der Waals surface area contributed by atoms with Crippen LogP contribution >= 0.6 is 0 Å². The van der Waals surface area contributed by atoms with Crippen LogP contribution in [-0.2, 0) is 21.4 Å². The molecule has 1 amide bonds. The zero-order valence-electron chi connectivity index (χ0n) is 18.2. The lowest BCUT2D eigenvalue weighted by atomic mass is 9.97. The molecule has 0 unspecified atom stereocenters. The molecule has 8 nitrogen and oxygen atoms in total. The van der Waals surface area contributed by atoms with Crippen molar-refractivity contribution in [1.82, 2.24) is 24.4 Å². The van der Waals surface area contributed by atoms with Crippen LogP contribution in [0.15, 0.2) is 59.9 Å². The van der Waals surface area contributed by atoms with Gasteiger partial charge in [-0.2, -0.15) is 9.40 Å². The highest BCUT2D eigenvalue weighted by molar-refractivity contribution is 7.89. The number of amides is 1. The Morgan fingerprint density at radius 1 is 1.09 bits per heavy atom. The molecular formula is C23H27N5O3S. The number of benzene rings is 1. The van der Waals surface area contributed by atoms with Crippen molar-refractivity contribution in [2.24, 2.45) is 5.92 Å². The lowest BCUT2D eigenvalue weighted by Crippen LogP contribution is -2.42. The van der Waals surface area contributed by atoms with Gasteiger partial charge >= 0.3 is 0 Å². The number of aromatic nitrogens is 3. The molecule has 32 heavy (non-hydrogen) atoms. The molecule has 0 saturated carbocycles. The Bertz CT molecular complexity index is 1200. The van der Waals surface area contributed by atoms with E-state index in [9.17, 15) is 13.2 Å². The first-order valence-corrected chi connectivity index (χ1v) is 12.1. The van der Waals surface area contributed by atoms with E-state index in [1.54, 1.807) is 35.4 Å². The first-order valence-electron chi connectivity index (χ1n) is 10.7.